The molecule has 0 fully saturated rings. The molecule has 0 aliphatic rings. The zero-order chi connectivity index (χ0) is 40.0. The monoisotopic (exact) mass is 758 g/mol. The molecule has 1 N–H and O–H groups in total. The van der Waals surface area contributed by atoms with Crippen LogP contribution in [0.15, 0.2) is 140 Å². The fourth-order valence-corrected chi connectivity index (χ4v) is 7.66. The fourth-order valence-electron chi connectivity index (χ4n) is 7.66. The van der Waals surface area contributed by atoms with Gasteiger partial charge in [0.2, 0.25) is 0 Å². The summed E-state index contributed by atoms with van der Waals surface area (Å²) in [6.07, 6.45) is 2.63. The SMILES string of the molecule is CCOC(=O)c1c(C(C)(C)O)nc(CCC(C)CC)n1Cc1ccc(-c2ccccc2-c2nnnn2C(c2ccccc2)(c2ccccc2)c2ccccc2)cc1. The maximum absolute atomic E-state index is 13.5. The van der Waals surface area contributed by atoms with E-state index in [4.69, 9.17) is 20.0 Å². The fraction of sp³-hybridized carbons (Fsp3) is 0.271. The highest BCUT2D eigenvalue weighted by Crippen LogP contribution is 2.43. The molecule has 0 amide bonds. The van der Waals surface area contributed by atoms with E-state index in [1.807, 2.05) is 39.6 Å². The van der Waals surface area contributed by atoms with Crippen molar-refractivity contribution in [3.8, 4) is 22.5 Å². The van der Waals surface area contributed by atoms with Crippen LogP contribution in [0.4, 0.5) is 0 Å². The second-order valence-electron chi connectivity index (χ2n) is 15.1. The van der Waals surface area contributed by atoms with Crippen molar-refractivity contribution >= 4 is 5.97 Å². The van der Waals surface area contributed by atoms with Crippen LogP contribution in [0.25, 0.3) is 22.5 Å². The Hall–Kier alpha value is -6.19. The van der Waals surface area contributed by atoms with E-state index in [9.17, 15) is 9.90 Å². The van der Waals surface area contributed by atoms with Crippen LogP contribution in [0.3, 0.4) is 0 Å². The highest BCUT2D eigenvalue weighted by atomic mass is 16.5. The number of hydrogen-bond acceptors (Lipinski definition) is 7. The van der Waals surface area contributed by atoms with Gasteiger partial charge in [-0.3, -0.25) is 0 Å². The maximum atomic E-state index is 13.5. The van der Waals surface area contributed by atoms with E-state index >= 15 is 0 Å². The number of benzene rings is 5. The standard InChI is InChI=1S/C48H50N6O3/c1-6-34(3)27-32-42-49-44(47(4,5)56)43(46(55)57-7-2)53(42)33-35-28-30-36(31-29-35)40-25-17-18-26-41(40)45-50-51-52-54(45)48(37-19-11-8-12-20-37,38-21-13-9-14-22-38)39-23-15-10-16-24-39/h8-26,28-31,34,56H,6-7,27,32-33H2,1-5H3. The van der Waals surface area contributed by atoms with E-state index in [-0.39, 0.29) is 6.61 Å². The number of aryl methyl sites for hydroxylation is 1. The number of carbonyl (C=O) groups excluding carboxylic acids is 1. The Bertz CT molecular complexity index is 2300. The van der Waals surface area contributed by atoms with Crippen LogP contribution >= 0.6 is 0 Å². The Morgan fingerprint density at radius 3 is 1.82 bits per heavy atom. The lowest BCUT2D eigenvalue weighted by Gasteiger charge is -2.36. The van der Waals surface area contributed by atoms with Crippen molar-refractivity contribution in [1.82, 2.24) is 29.8 Å². The van der Waals surface area contributed by atoms with E-state index < -0.39 is 17.1 Å². The van der Waals surface area contributed by atoms with Gasteiger partial charge in [-0.15, -0.1) is 5.10 Å². The van der Waals surface area contributed by atoms with Crippen LogP contribution in [-0.4, -0.2) is 47.4 Å². The smallest absolute Gasteiger partial charge is 0.357 e. The van der Waals surface area contributed by atoms with Crippen LogP contribution in [0.2, 0.25) is 0 Å². The topological polar surface area (TPSA) is 108 Å². The molecule has 9 nitrogen and oxygen atoms in total. The number of rotatable bonds is 15. The van der Waals surface area contributed by atoms with Crippen LogP contribution in [0, 0.1) is 5.92 Å². The molecule has 1 atom stereocenters. The molecule has 0 aliphatic heterocycles. The van der Waals surface area contributed by atoms with Crippen molar-refractivity contribution in [2.24, 2.45) is 5.92 Å². The Morgan fingerprint density at radius 2 is 1.30 bits per heavy atom. The Balaban J connectivity index is 1.32. The summed E-state index contributed by atoms with van der Waals surface area (Å²) in [6, 6.07) is 47.7. The van der Waals surface area contributed by atoms with Gasteiger partial charge < -0.3 is 14.4 Å². The van der Waals surface area contributed by atoms with Crippen LogP contribution in [0.1, 0.15) is 91.7 Å². The Kier molecular flexibility index (Phi) is 11.6. The van der Waals surface area contributed by atoms with E-state index in [0.29, 0.717) is 36.1 Å². The van der Waals surface area contributed by atoms with Gasteiger partial charge in [-0.2, -0.15) is 0 Å². The van der Waals surface area contributed by atoms with Crippen molar-refractivity contribution in [2.45, 2.75) is 71.6 Å². The molecule has 2 aromatic heterocycles. The quantitative estimate of drug-likeness (QED) is 0.0820. The summed E-state index contributed by atoms with van der Waals surface area (Å²) in [5.41, 5.74) is 5.29. The zero-order valence-electron chi connectivity index (χ0n) is 33.3. The molecule has 5 aromatic carbocycles. The van der Waals surface area contributed by atoms with Gasteiger partial charge in [0, 0.05) is 18.5 Å². The Labute approximate surface area is 335 Å². The van der Waals surface area contributed by atoms with Gasteiger partial charge in [0.1, 0.15) is 22.7 Å². The van der Waals surface area contributed by atoms with Gasteiger partial charge in [0.15, 0.2) is 11.5 Å². The summed E-state index contributed by atoms with van der Waals surface area (Å²) in [4.78, 5) is 18.4. The highest BCUT2D eigenvalue weighted by molar-refractivity contribution is 5.89. The van der Waals surface area contributed by atoms with E-state index in [1.54, 1.807) is 20.8 Å². The van der Waals surface area contributed by atoms with Gasteiger partial charge in [0.25, 0.3) is 0 Å². The number of hydrogen-bond donors (Lipinski definition) is 1. The third-order valence-corrected chi connectivity index (χ3v) is 10.8. The van der Waals surface area contributed by atoms with Crippen molar-refractivity contribution < 1.29 is 14.6 Å². The molecule has 0 saturated carbocycles. The maximum Gasteiger partial charge on any atom is 0.357 e. The molecule has 7 rings (SSSR count). The van der Waals surface area contributed by atoms with Crippen molar-refractivity contribution in [3.63, 3.8) is 0 Å². The minimum atomic E-state index is -1.33. The summed E-state index contributed by atoms with van der Waals surface area (Å²) >= 11 is 0. The number of aromatic nitrogens is 6. The molecule has 7 aromatic rings. The molecule has 0 bridgehead atoms. The minimum absolute atomic E-state index is 0.220. The molecule has 57 heavy (non-hydrogen) atoms. The minimum Gasteiger partial charge on any atom is -0.461 e. The first-order chi connectivity index (χ1) is 27.7. The third-order valence-electron chi connectivity index (χ3n) is 10.8. The lowest BCUT2D eigenvalue weighted by molar-refractivity contribution is 0.0469. The lowest BCUT2D eigenvalue weighted by Crippen LogP contribution is -2.39. The van der Waals surface area contributed by atoms with Gasteiger partial charge >= 0.3 is 5.97 Å². The lowest BCUT2D eigenvalue weighted by atomic mass is 9.77. The average molecular weight is 759 g/mol. The Morgan fingerprint density at radius 1 is 0.754 bits per heavy atom. The van der Waals surface area contributed by atoms with Crippen molar-refractivity contribution in [1.29, 1.82) is 0 Å². The normalized spacial score (nSPS) is 12.4. The van der Waals surface area contributed by atoms with Crippen LogP contribution in [-0.2, 0) is 28.8 Å². The second kappa shape index (κ2) is 16.9. The number of imidazole rings is 1. The molecule has 0 spiro atoms. The molecular weight excluding hydrogens is 709 g/mol. The van der Waals surface area contributed by atoms with E-state index in [2.05, 4.69) is 128 Å². The second-order valence-corrected chi connectivity index (χ2v) is 15.1. The molecule has 290 valence electrons. The van der Waals surface area contributed by atoms with Crippen LogP contribution in [0.5, 0.6) is 0 Å². The molecule has 9 heteroatoms. The molecular formula is C48H50N6O3. The molecule has 0 aliphatic carbocycles. The number of aliphatic hydroxyl groups is 1. The first kappa shape index (κ1) is 39.1. The number of carbonyl (C=O) groups is 1. The summed E-state index contributed by atoms with van der Waals surface area (Å²) < 4.78 is 9.40. The molecule has 2 heterocycles. The number of nitrogens with zero attached hydrogens (tertiary/aromatic N) is 6. The first-order valence-electron chi connectivity index (χ1n) is 19.8. The summed E-state index contributed by atoms with van der Waals surface area (Å²) in [5.74, 6) is 1.38. The van der Waals surface area contributed by atoms with Crippen LogP contribution < -0.4 is 0 Å². The number of tetrazole rings is 1. The molecule has 1 unspecified atom stereocenters. The summed E-state index contributed by atoms with van der Waals surface area (Å²) in [7, 11) is 0. The highest BCUT2D eigenvalue weighted by Gasteiger charge is 2.42. The summed E-state index contributed by atoms with van der Waals surface area (Å²) in [5, 5.41) is 25.0. The van der Waals surface area contributed by atoms with Gasteiger partial charge in [-0.25, -0.2) is 14.5 Å². The van der Waals surface area contributed by atoms with E-state index in [0.717, 1.165) is 57.6 Å². The predicted octanol–water partition coefficient (Wildman–Crippen LogP) is 9.47. The average Bonchev–Trinajstić information content (AvgIpc) is 3.88. The predicted molar refractivity (Wildman–Crippen MR) is 224 cm³/mol. The van der Waals surface area contributed by atoms with Gasteiger partial charge in [-0.1, -0.05) is 160 Å². The summed E-state index contributed by atoms with van der Waals surface area (Å²) in [6.45, 7) is 10.1. The zero-order valence-corrected chi connectivity index (χ0v) is 33.3. The van der Waals surface area contributed by atoms with Gasteiger partial charge in [0.05, 0.1) is 6.61 Å². The number of ether oxygens (including phenoxy) is 1. The molecule has 0 saturated heterocycles. The van der Waals surface area contributed by atoms with E-state index in [1.165, 1.54) is 0 Å². The third kappa shape index (κ3) is 7.80. The van der Waals surface area contributed by atoms with Crippen molar-refractivity contribution in [3.05, 3.63) is 179 Å². The largest absolute Gasteiger partial charge is 0.461 e. The molecule has 0 radical (unpaired) electrons. The number of esters is 1. The first-order valence-corrected chi connectivity index (χ1v) is 19.8. The van der Waals surface area contributed by atoms with Crippen molar-refractivity contribution in [2.75, 3.05) is 6.61 Å². The van der Waals surface area contributed by atoms with Gasteiger partial charge in [-0.05, 0) is 76.9 Å².